The van der Waals surface area contributed by atoms with Crippen molar-refractivity contribution in [3.8, 4) is 0 Å². The molecule has 0 aromatic heterocycles. The summed E-state index contributed by atoms with van der Waals surface area (Å²) in [7, 11) is 4.58. The summed E-state index contributed by atoms with van der Waals surface area (Å²) >= 11 is 0. The Bertz CT molecular complexity index is 113. The lowest BCUT2D eigenvalue weighted by molar-refractivity contribution is 0.409. The van der Waals surface area contributed by atoms with Gasteiger partial charge in [0.1, 0.15) is 0 Å². The van der Waals surface area contributed by atoms with Gasteiger partial charge in [-0.05, 0) is 44.5 Å². The number of rotatable bonds is 6. The van der Waals surface area contributed by atoms with E-state index in [4.69, 9.17) is 0 Å². The third kappa shape index (κ3) is 6.46. The molecule has 80 valence electrons. The third-order valence-electron chi connectivity index (χ3n) is 2.35. The predicted octanol–water partition coefficient (Wildman–Crippen LogP) is 3.24. The van der Waals surface area contributed by atoms with Gasteiger partial charge in [0.15, 0.2) is 0 Å². The van der Waals surface area contributed by atoms with Crippen LogP contribution in [-0.4, -0.2) is 43.0 Å². The van der Waals surface area contributed by atoms with Crippen LogP contribution in [0.15, 0.2) is 0 Å². The largest absolute Gasteiger partial charge is 0.309 e. The molecule has 0 bridgehead atoms. The van der Waals surface area contributed by atoms with E-state index in [1.807, 2.05) is 0 Å². The molecule has 0 aliphatic heterocycles. The zero-order valence-corrected chi connectivity index (χ0v) is 11.1. The fourth-order valence-corrected chi connectivity index (χ4v) is 4.41. The SMILES string of the molecule is CC(C)P(CCCN(C)C)C(C)C. The maximum atomic E-state index is 2.38. The lowest BCUT2D eigenvalue weighted by Gasteiger charge is -2.26. The third-order valence-corrected chi connectivity index (χ3v) is 5.83. The van der Waals surface area contributed by atoms with Gasteiger partial charge in [-0.2, -0.15) is 0 Å². The average molecular weight is 203 g/mol. The van der Waals surface area contributed by atoms with E-state index in [0.717, 1.165) is 11.3 Å². The van der Waals surface area contributed by atoms with Gasteiger partial charge in [-0.25, -0.2) is 0 Å². The molecule has 0 radical (unpaired) electrons. The van der Waals surface area contributed by atoms with E-state index in [0.29, 0.717) is 0 Å². The first kappa shape index (κ1) is 13.4. The van der Waals surface area contributed by atoms with Gasteiger partial charge >= 0.3 is 0 Å². The topological polar surface area (TPSA) is 3.24 Å². The van der Waals surface area contributed by atoms with E-state index in [2.05, 4.69) is 46.7 Å². The molecule has 0 saturated carbocycles. The van der Waals surface area contributed by atoms with Crippen molar-refractivity contribution in [2.24, 2.45) is 0 Å². The molecule has 0 unspecified atom stereocenters. The molecule has 0 heterocycles. The van der Waals surface area contributed by atoms with Crippen LogP contribution in [-0.2, 0) is 0 Å². The van der Waals surface area contributed by atoms with Crippen LogP contribution in [0, 0.1) is 0 Å². The molecule has 0 aromatic carbocycles. The molecule has 13 heavy (non-hydrogen) atoms. The first-order chi connectivity index (χ1) is 5.95. The smallest absolute Gasteiger partial charge is 0.00215 e. The van der Waals surface area contributed by atoms with E-state index in [1.54, 1.807) is 0 Å². The molecule has 0 rings (SSSR count). The lowest BCUT2D eigenvalue weighted by atomic mass is 10.4. The van der Waals surface area contributed by atoms with Gasteiger partial charge in [-0.3, -0.25) is 0 Å². The van der Waals surface area contributed by atoms with Crippen molar-refractivity contribution in [3.05, 3.63) is 0 Å². The monoisotopic (exact) mass is 203 g/mol. The summed E-state index contributed by atoms with van der Waals surface area (Å²) < 4.78 is 0. The quantitative estimate of drug-likeness (QED) is 0.599. The summed E-state index contributed by atoms with van der Waals surface area (Å²) in [5.41, 5.74) is 1.80. The Balaban J connectivity index is 3.70. The van der Waals surface area contributed by atoms with E-state index in [9.17, 15) is 0 Å². The lowest BCUT2D eigenvalue weighted by Crippen LogP contribution is -2.15. The molecule has 0 N–H and O–H groups in total. The van der Waals surface area contributed by atoms with Crippen LogP contribution in [0.5, 0.6) is 0 Å². The second-order valence-corrected chi connectivity index (χ2v) is 8.12. The van der Waals surface area contributed by atoms with Gasteiger partial charge in [-0.15, -0.1) is 7.92 Å². The molecule has 2 heteroatoms. The average Bonchev–Trinajstić information content (AvgIpc) is 1.95. The van der Waals surface area contributed by atoms with E-state index >= 15 is 0 Å². The molecule has 0 saturated heterocycles. The van der Waals surface area contributed by atoms with Gasteiger partial charge in [0, 0.05) is 0 Å². The minimum atomic E-state index is 0.264. The Morgan fingerprint density at radius 3 is 1.77 bits per heavy atom. The summed E-state index contributed by atoms with van der Waals surface area (Å²) in [6.45, 7) is 10.8. The van der Waals surface area contributed by atoms with Gasteiger partial charge < -0.3 is 4.90 Å². The predicted molar refractivity (Wildman–Crippen MR) is 65.2 cm³/mol. The molecule has 0 aliphatic carbocycles. The fraction of sp³-hybridized carbons (Fsp3) is 1.00. The normalized spacial score (nSPS) is 12.5. The van der Waals surface area contributed by atoms with Crippen molar-refractivity contribution < 1.29 is 0 Å². The highest BCUT2D eigenvalue weighted by molar-refractivity contribution is 7.59. The van der Waals surface area contributed by atoms with Crippen molar-refractivity contribution >= 4 is 7.92 Å². The highest BCUT2D eigenvalue weighted by atomic mass is 31.1. The van der Waals surface area contributed by atoms with Crippen LogP contribution in [0.2, 0.25) is 0 Å². The van der Waals surface area contributed by atoms with Gasteiger partial charge in [-0.1, -0.05) is 27.7 Å². The Morgan fingerprint density at radius 1 is 1.00 bits per heavy atom. The molecule has 0 aliphatic rings. The minimum Gasteiger partial charge on any atom is -0.309 e. The molecule has 0 atom stereocenters. The van der Waals surface area contributed by atoms with Crippen LogP contribution in [0.25, 0.3) is 0 Å². The minimum absolute atomic E-state index is 0.264. The van der Waals surface area contributed by atoms with Crippen LogP contribution in [0.3, 0.4) is 0 Å². The maximum absolute atomic E-state index is 2.38. The van der Waals surface area contributed by atoms with Crippen molar-refractivity contribution in [2.75, 3.05) is 26.8 Å². The van der Waals surface area contributed by atoms with Gasteiger partial charge in [0.2, 0.25) is 0 Å². The number of hydrogen-bond acceptors (Lipinski definition) is 1. The highest BCUT2D eigenvalue weighted by Gasteiger charge is 2.15. The molecule has 0 amide bonds. The van der Waals surface area contributed by atoms with E-state index in [1.165, 1.54) is 19.1 Å². The molecular formula is C11H26NP. The number of hydrogen-bond donors (Lipinski definition) is 0. The standard InChI is InChI=1S/C11H26NP/c1-10(2)13(11(3)4)9-7-8-12(5)6/h10-11H,7-9H2,1-6H3. The van der Waals surface area contributed by atoms with Crippen molar-refractivity contribution in [2.45, 2.75) is 45.4 Å². The second kappa shape index (κ2) is 6.79. The fourth-order valence-electron chi connectivity index (χ4n) is 1.68. The summed E-state index contributed by atoms with van der Waals surface area (Å²) in [5, 5.41) is 0. The van der Waals surface area contributed by atoms with Crippen molar-refractivity contribution in [1.82, 2.24) is 4.90 Å². The van der Waals surface area contributed by atoms with Crippen molar-refractivity contribution in [3.63, 3.8) is 0 Å². The van der Waals surface area contributed by atoms with E-state index < -0.39 is 0 Å². The summed E-state index contributed by atoms with van der Waals surface area (Å²) in [5.74, 6) is 0. The van der Waals surface area contributed by atoms with Crippen LogP contribution in [0.4, 0.5) is 0 Å². The van der Waals surface area contributed by atoms with Gasteiger partial charge in [0.25, 0.3) is 0 Å². The maximum Gasteiger partial charge on any atom is -0.00215 e. The first-order valence-corrected chi connectivity index (χ1v) is 7.02. The van der Waals surface area contributed by atoms with Gasteiger partial charge in [0.05, 0.1) is 0 Å². The number of nitrogens with zero attached hydrogens (tertiary/aromatic N) is 1. The van der Waals surface area contributed by atoms with E-state index in [-0.39, 0.29) is 7.92 Å². The summed E-state index contributed by atoms with van der Waals surface area (Å²) in [6, 6.07) is 0. The summed E-state index contributed by atoms with van der Waals surface area (Å²) in [6.07, 6.45) is 2.82. The van der Waals surface area contributed by atoms with Crippen LogP contribution < -0.4 is 0 Å². The highest BCUT2D eigenvalue weighted by Crippen LogP contribution is 2.46. The Morgan fingerprint density at radius 2 is 1.46 bits per heavy atom. The zero-order chi connectivity index (χ0) is 10.4. The van der Waals surface area contributed by atoms with Crippen LogP contribution >= 0.6 is 7.92 Å². The van der Waals surface area contributed by atoms with Crippen molar-refractivity contribution in [1.29, 1.82) is 0 Å². The molecule has 1 nitrogen and oxygen atoms in total. The molecule has 0 spiro atoms. The zero-order valence-electron chi connectivity index (χ0n) is 10.2. The first-order valence-electron chi connectivity index (χ1n) is 5.35. The molecule has 0 aromatic rings. The molecule has 0 fully saturated rings. The Kier molecular flexibility index (Phi) is 6.99. The summed E-state index contributed by atoms with van der Waals surface area (Å²) in [4.78, 5) is 2.29. The Labute approximate surface area is 85.6 Å². The Hall–Kier alpha value is 0.390. The molecular weight excluding hydrogens is 177 g/mol. The van der Waals surface area contributed by atoms with Crippen LogP contribution in [0.1, 0.15) is 34.1 Å². The second-order valence-electron chi connectivity index (χ2n) is 4.58.